The van der Waals surface area contributed by atoms with Gasteiger partial charge in [-0.3, -0.25) is 9.48 Å². The monoisotopic (exact) mass is 313 g/mol. The fourth-order valence-corrected chi connectivity index (χ4v) is 1.85. The Bertz CT molecular complexity index is 659. The number of aromatic nitrogens is 2. The van der Waals surface area contributed by atoms with Crippen molar-refractivity contribution in [3.63, 3.8) is 0 Å². The second-order valence-electron chi connectivity index (χ2n) is 4.51. The summed E-state index contributed by atoms with van der Waals surface area (Å²) in [5.74, 6) is -1.57. The molecule has 0 atom stereocenters. The lowest BCUT2D eigenvalue weighted by molar-refractivity contribution is -0.116. The summed E-state index contributed by atoms with van der Waals surface area (Å²) in [6, 6.07) is 4.81. The number of aryl methyl sites for hydroxylation is 2. The molecular weight excluding hydrogens is 299 g/mol. The van der Waals surface area contributed by atoms with E-state index in [1.807, 2.05) is 6.92 Å². The summed E-state index contributed by atoms with van der Waals surface area (Å²) in [6.07, 6.45) is 1.70. The Hall–Kier alpha value is -2.51. The fourth-order valence-electron chi connectivity index (χ4n) is 1.85. The van der Waals surface area contributed by atoms with Gasteiger partial charge in [0.25, 0.3) is 0 Å². The second kappa shape index (κ2) is 6.97. The molecule has 0 saturated heterocycles. The van der Waals surface area contributed by atoms with Gasteiger partial charge in [0.1, 0.15) is 5.82 Å². The van der Waals surface area contributed by atoms with Crippen molar-refractivity contribution in [1.82, 2.24) is 9.78 Å². The zero-order valence-electron chi connectivity index (χ0n) is 11.7. The Morgan fingerprint density at radius 2 is 2.18 bits per heavy atom. The van der Waals surface area contributed by atoms with Crippen molar-refractivity contribution in [2.24, 2.45) is 0 Å². The average Bonchev–Trinajstić information content (AvgIpc) is 2.84. The van der Waals surface area contributed by atoms with E-state index in [0.717, 1.165) is 17.8 Å². The number of hydrogen-bond acceptors (Lipinski definition) is 3. The van der Waals surface area contributed by atoms with Gasteiger partial charge in [0.2, 0.25) is 5.91 Å². The largest absolute Gasteiger partial charge is 0.432 e. The molecule has 5 nitrogen and oxygen atoms in total. The Labute approximate surface area is 124 Å². The third-order valence-corrected chi connectivity index (χ3v) is 2.91. The van der Waals surface area contributed by atoms with Gasteiger partial charge >= 0.3 is 6.61 Å². The van der Waals surface area contributed by atoms with Crippen LogP contribution in [-0.4, -0.2) is 22.3 Å². The number of carbonyl (C=O) groups is 1. The Morgan fingerprint density at radius 3 is 2.82 bits per heavy atom. The van der Waals surface area contributed by atoms with E-state index in [-0.39, 0.29) is 12.1 Å². The molecule has 118 valence electrons. The van der Waals surface area contributed by atoms with E-state index in [2.05, 4.69) is 15.2 Å². The van der Waals surface area contributed by atoms with Gasteiger partial charge in [0.15, 0.2) is 5.75 Å². The van der Waals surface area contributed by atoms with Crippen LogP contribution in [-0.2, 0) is 11.3 Å². The first-order valence-corrected chi connectivity index (χ1v) is 6.48. The molecule has 1 aromatic heterocycles. The molecule has 0 bridgehead atoms. The highest BCUT2D eigenvalue weighted by atomic mass is 19.3. The summed E-state index contributed by atoms with van der Waals surface area (Å²) >= 11 is 0. The molecule has 0 saturated carbocycles. The quantitative estimate of drug-likeness (QED) is 0.892. The summed E-state index contributed by atoms with van der Waals surface area (Å²) in [5.41, 5.74) is 0.889. The SMILES string of the molecule is Cc1ccnn1CCC(=O)Nc1ccc(F)cc1OC(F)F. The Balaban J connectivity index is 2.00. The summed E-state index contributed by atoms with van der Waals surface area (Å²) in [6.45, 7) is -0.916. The smallest absolute Gasteiger partial charge is 0.387 e. The van der Waals surface area contributed by atoms with Gasteiger partial charge in [-0.2, -0.15) is 13.9 Å². The van der Waals surface area contributed by atoms with E-state index in [4.69, 9.17) is 0 Å². The number of rotatable bonds is 6. The minimum Gasteiger partial charge on any atom is -0.432 e. The number of nitrogens with one attached hydrogen (secondary N) is 1. The maximum atomic E-state index is 13.1. The average molecular weight is 313 g/mol. The molecule has 0 aliphatic carbocycles. The van der Waals surface area contributed by atoms with Crippen molar-refractivity contribution in [3.05, 3.63) is 42.0 Å². The lowest BCUT2D eigenvalue weighted by atomic mass is 10.2. The molecule has 1 N–H and O–H groups in total. The lowest BCUT2D eigenvalue weighted by Gasteiger charge is -2.12. The number of nitrogens with zero attached hydrogens (tertiary/aromatic N) is 2. The van der Waals surface area contributed by atoms with Crippen LogP contribution in [0.2, 0.25) is 0 Å². The fraction of sp³-hybridized carbons (Fsp3) is 0.286. The number of benzene rings is 1. The molecule has 0 fully saturated rings. The lowest BCUT2D eigenvalue weighted by Crippen LogP contribution is -2.16. The molecule has 1 amide bonds. The number of amides is 1. The number of ether oxygens (including phenoxy) is 1. The minimum atomic E-state index is -3.11. The zero-order valence-corrected chi connectivity index (χ0v) is 11.7. The van der Waals surface area contributed by atoms with Gasteiger partial charge in [-0.1, -0.05) is 0 Å². The van der Waals surface area contributed by atoms with E-state index in [1.165, 1.54) is 6.07 Å². The highest BCUT2D eigenvalue weighted by Crippen LogP contribution is 2.27. The van der Waals surface area contributed by atoms with Gasteiger partial charge in [-0.15, -0.1) is 0 Å². The number of alkyl halides is 2. The van der Waals surface area contributed by atoms with E-state index in [9.17, 15) is 18.0 Å². The van der Waals surface area contributed by atoms with E-state index in [1.54, 1.807) is 16.9 Å². The topological polar surface area (TPSA) is 56.2 Å². The first kappa shape index (κ1) is 15.9. The third-order valence-electron chi connectivity index (χ3n) is 2.91. The van der Waals surface area contributed by atoms with Gasteiger partial charge in [-0.25, -0.2) is 4.39 Å². The van der Waals surface area contributed by atoms with Crippen molar-refractivity contribution in [1.29, 1.82) is 0 Å². The molecule has 22 heavy (non-hydrogen) atoms. The van der Waals surface area contributed by atoms with Crippen LogP contribution in [0.4, 0.5) is 18.9 Å². The van der Waals surface area contributed by atoms with Crippen LogP contribution in [0.1, 0.15) is 12.1 Å². The number of halogens is 3. The molecule has 0 aliphatic rings. The summed E-state index contributed by atoms with van der Waals surface area (Å²) in [7, 11) is 0. The van der Waals surface area contributed by atoms with E-state index < -0.39 is 24.1 Å². The third kappa shape index (κ3) is 4.24. The standard InChI is InChI=1S/C14H14F3N3O2/c1-9-4-6-18-20(9)7-5-13(21)19-11-3-2-10(15)8-12(11)22-14(16)17/h2-4,6,8,14H,5,7H2,1H3,(H,19,21). The van der Waals surface area contributed by atoms with Gasteiger partial charge in [-0.05, 0) is 25.1 Å². The molecule has 2 rings (SSSR count). The van der Waals surface area contributed by atoms with Crippen LogP contribution in [0.25, 0.3) is 0 Å². The van der Waals surface area contributed by atoms with Crippen LogP contribution >= 0.6 is 0 Å². The maximum Gasteiger partial charge on any atom is 0.387 e. The molecule has 0 unspecified atom stereocenters. The van der Waals surface area contributed by atoms with E-state index in [0.29, 0.717) is 6.54 Å². The second-order valence-corrected chi connectivity index (χ2v) is 4.51. The highest BCUT2D eigenvalue weighted by Gasteiger charge is 2.13. The Kier molecular flexibility index (Phi) is 5.03. The zero-order chi connectivity index (χ0) is 16.1. The van der Waals surface area contributed by atoms with Gasteiger partial charge < -0.3 is 10.1 Å². The molecule has 0 radical (unpaired) electrons. The molecule has 2 aromatic rings. The van der Waals surface area contributed by atoms with Crippen molar-refractivity contribution in [2.75, 3.05) is 5.32 Å². The van der Waals surface area contributed by atoms with Crippen molar-refractivity contribution in [2.45, 2.75) is 26.5 Å². The summed E-state index contributed by atoms with van der Waals surface area (Å²) < 4.78 is 43.5. The van der Waals surface area contributed by atoms with Crippen LogP contribution in [0.3, 0.4) is 0 Å². The first-order chi connectivity index (χ1) is 10.5. The summed E-state index contributed by atoms with van der Waals surface area (Å²) in [5, 5.41) is 6.45. The molecule has 8 heteroatoms. The van der Waals surface area contributed by atoms with E-state index >= 15 is 0 Å². The summed E-state index contributed by atoms with van der Waals surface area (Å²) in [4.78, 5) is 11.9. The van der Waals surface area contributed by atoms with Crippen LogP contribution < -0.4 is 10.1 Å². The minimum absolute atomic E-state index is 0.0103. The van der Waals surface area contributed by atoms with Gasteiger partial charge in [0, 0.05) is 30.9 Å². The first-order valence-electron chi connectivity index (χ1n) is 6.48. The molecular formula is C14H14F3N3O2. The predicted octanol–water partition coefficient (Wildman–Crippen LogP) is 2.96. The molecule has 0 spiro atoms. The predicted molar refractivity (Wildman–Crippen MR) is 73.2 cm³/mol. The highest BCUT2D eigenvalue weighted by molar-refractivity contribution is 5.92. The maximum absolute atomic E-state index is 13.1. The normalized spacial score (nSPS) is 10.8. The molecule has 0 aliphatic heterocycles. The van der Waals surface area contributed by atoms with Crippen LogP contribution in [0.15, 0.2) is 30.5 Å². The van der Waals surface area contributed by atoms with Gasteiger partial charge in [0.05, 0.1) is 5.69 Å². The van der Waals surface area contributed by atoms with Crippen molar-refractivity contribution < 1.29 is 22.7 Å². The van der Waals surface area contributed by atoms with Crippen LogP contribution in [0.5, 0.6) is 5.75 Å². The van der Waals surface area contributed by atoms with Crippen molar-refractivity contribution in [3.8, 4) is 5.75 Å². The van der Waals surface area contributed by atoms with Crippen LogP contribution in [0, 0.1) is 12.7 Å². The number of carbonyl (C=O) groups excluding carboxylic acids is 1. The Morgan fingerprint density at radius 1 is 1.41 bits per heavy atom. The molecule has 1 heterocycles. The molecule has 1 aromatic carbocycles. The van der Waals surface area contributed by atoms with Crippen molar-refractivity contribution >= 4 is 11.6 Å². The number of hydrogen-bond donors (Lipinski definition) is 1. The number of anilines is 1.